The molecule has 0 saturated carbocycles. The molecule has 2 aromatic rings. The molecule has 0 bridgehead atoms. The van der Waals surface area contributed by atoms with Crippen molar-refractivity contribution in [2.75, 3.05) is 19.6 Å². The molecule has 3 heterocycles. The van der Waals surface area contributed by atoms with Crippen LogP contribution in [0, 0.1) is 0 Å². The number of imide groups is 1. The Morgan fingerprint density at radius 1 is 1.17 bits per heavy atom. The summed E-state index contributed by atoms with van der Waals surface area (Å²) >= 11 is 4.48. The number of carbonyl (C=O) groups is 3. The summed E-state index contributed by atoms with van der Waals surface area (Å²) in [5, 5.41) is 0.700. The van der Waals surface area contributed by atoms with Gasteiger partial charge in [0.2, 0.25) is 5.91 Å². The largest absolute Gasteiger partial charge is 0.341 e. The van der Waals surface area contributed by atoms with Crippen LogP contribution in [0.15, 0.2) is 33.8 Å². The molecular formula is C22H24BrN3O3S. The standard InChI is InChI=1S/C22H24BrN3O3S/c1-2-26-21(28)19(30-22(26)29)11-15-13-25(18-8-7-16(23)12-17(15)18)14-20(27)24-9-5-3-4-6-10-24/h7-8,11-13H,2-6,9-10,14H2,1H3/b19-11-. The Morgan fingerprint density at radius 3 is 2.57 bits per heavy atom. The van der Waals surface area contributed by atoms with E-state index in [4.69, 9.17) is 0 Å². The van der Waals surface area contributed by atoms with Crippen LogP contribution in [0.25, 0.3) is 17.0 Å². The fourth-order valence-electron chi connectivity index (χ4n) is 4.02. The Morgan fingerprint density at radius 2 is 1.90 bits per heavy atom. The molecule has 8 heteroatoms. The highest BCUT2D eigenvalue weighted by molar-refractivity contribution is 9.10. The van der Waals surface area contributed by atoms with Crippen molar-refractivity contribution < 1.29 is 14.4 Å². The van der Waals surface area contributed by atoms with Crippen molar-refractivity contribution >= 4 is 61.7 Å². The second kappa shape index (κ2) is 8.98. The molecule has 3 amide bonds. The van der Waals surface area contributed by atoms with Crippen molar-refractivity contribution in [1.82, 2.24) is 14.4 Å². The maximum atomic E-state index is 12.9. The molecule has 0 N–H and O–H groups in total. The molecule has 30 heavy (non-hydrogen) atoms. The molecule has 2 saturated heterocycles. The molecule has 0 radical (unpaired) electrons. The van der Waals surface area contributed by atoms with E-state index >= 15 is 0 Å². The highest BCUT2D eigenvalue weighted by Crippen LogP contribution is 2.34. The Labute approximate surface area is 188 Å². The first kappa shape index (κ1) is 21.2. The van der Waals surface area contributed by atoms with Gasteiger partial charge < -0.3 is 9.47 Å². The minimum atomic E-state index is -0.260. The third-order valence-electron chi connectivity index (χ3n) is 5.61. The zero-order chi connectivity index (χ0) is 21.3. The zero-order valence-corrected chi connectivity index (χ0v) is 19.3. The van der Waals surface area contributed by atoms with Crippen LogP contribution in [0.2, 0.25) is 0 Å². The SMILES string of the molecule is CCN1C(=O)S/C(=C\c2cn(CC(=O)N3CCCCCC3)c3ccc(Br)cc23)C1=O. The number of likely N-dealkylation sites (N-methyl/N-ethyl adjacent to an activating group) is 1. The number of hydrogen-bond donors (Lipinski definition) is 0. The number of carbonyl (C=O) groups excluding carboxylic acids is 3. The molecule has 158 valence electrons. The van der Waals surface area contributed by atoms with E-state index < -0.39 is 0 Å². The van der Waals surface area contributed by atoms with Gasteiger partial charge in [0.05, 0.1) is 4.91 Å². The molecule has 0 spiro atoms. The summed E-state index contributed by atoms with van der Waals surface area (Å²) in [6.45, 7) is 4.06. The Balaban J connectivity index is 1.67. The first-order valence-electron chi connectivity index (χ1n) is 10.3. The van der Waals surface area contributed by atoms with E-state index in [0.717, 1.165) is 58.6 Å². The van der Waals surface area contributed by atoms with E-state index in [1.54, 1.807) is 13.0 Å². The lowest BCUT2D eigenvalue weighted by Gasteiger charge is -2.20. The van der Waals surface area contributed by atoms with Gasteiger partial charge in [-0.15, -0.1) is 0 Å². The summed E-state index contributed by atoms with van der Waals surface area (Å²) in [5.41, 5.74) is 1.76. The van der Waals surface area contributed by atoms with Gasteiger partial charge in [-0.05, 0) is 55.8 Å². The van der Waals surface area contributed by atoms with Gasteiger partial charge in [0, 0.05) is 46.8 Å². The number of hydrogen-bond acceptors (Lipinski definition) is 4. The van der Waals surface area contributed by atoms with Crippen LogP contribution in [-0.4, -0.2) is 51.1 Å². The number of aromatic nitrogens is 1. The molecule has 2 aliphatic rings. The number of nitrogens with zero attached hydrogens (tertiary/aromatic N) is 3. The highest BCUT2D eigenvalue weighted by atomic mass is 79.9. The van der Waals surface area contributed by atoms with Crippen LogP contribution >= 0.6 is 27.7 Å². The maximum Gasteiger partial charge on any atom is 0.293 e. The average molecular weight is 490 g/mol. The van der Waals surface area contributed by atoms with Gasteiger partial charge in [-0.25, -0.2) is 0 Å². The van der Waals surface area contributed by atoms with Gasteiger partial charge in [0.25, 0.3) is 11.1 Å². The summed E-state index contributed by atoms with van der Waals surface area (Å²) in [7, 11) is 0. The Hall–Kier alpha value is -2.06. The summed E-state index contributed by atoms with van der Waals surface area (Å²) in [4.78, 5) is 41.1. The van der Waals surface area contributed by atoms with E-state index in [2.05, 4.69) is 15.9 Å². The fourth-order valence-corrected chi connectivity index (χ4v) is 5.28. The number of fused-ring (bicyclic) bond motifs is 1. The summed E-state index contributed by atoms with van der Waals surface area (Å²) in [6, 6.07) is 5.91. The van der Waals surface area contributed by atoms with Gasteiger partial charge in [0.15, 0.2) is 0 Å². The lowest BCUT2D eigenvalue weighted by Crippen LogP contribution is -2.34. The first-order chi connectivity index (χ1) is 14.5. The lowest BCUT2D eigenvalue weighted by molar-refractivity contribution is -0.131. The minimum Gasteiger partial charge on any atom is -0.341 e. The van der Waals surface area contributed by atoms with Crippen molar-refractivity contribution in [2.45, 2.75) is 39.2 Å². The minimum absolute atomic E-state index is 0.120. The number of halogens is 1. The number of amides is 3. The third kappa shape index (κ3) is 4.21. The smallest absolute Gasteiger partial charge is 0.293 e. The molecule has 6 nitrogen and oxygen atoms in total. The second-order valence-electron chi connectivity index (χ2n) is 7.59. The number of rotatable bonds is 4. The van der Waals surface area contributed by atoms with E-state index in [9.17, 15) is 14.4 Å². The predicted octanol–water partition coefficient (Wildman–Crippen LogP) is 4.86. The predicted molar refractivity (Wildman–Crippen MR) is 123 cm³/mol. The van der Waals surface area contributed by atoms with Gasteiger partial charge in [-0.3, -0.25) is 19.3 Å². The number of benzene rings is 1. The zero-order valence-electron chi connectivity index (χ0n) is 16.9. The second-order valence-corrected chi connectivity index (χ2v) is 9.50. The van der Waals surface area contributed by atoms with Crippen LogP contribution in [0.4, 0.5) is 4.79 Å². The first-order valence-corrected chi connectivity index (χ1v) is 11.9. The van der Waals surface area contributed by atoms with E-state index in [1.807, 2.05) is 33.9 Å². The van der Waals surface area contributed by atoms with Crippen molar-refractivity contribution in [1.29, 1.82) is 0 Å². The Kier molecular flexibility index (Phi) is 6.34. The van der Waals surface area contributed by atoms with Crippen molar-refractivity contribution in [3.05, 3.63) is 39.3 Å². The van der Waals surface area contributed by atoms with E-state index in [-0.39, 0.29) is 23.6 Å². The van der Waals surface area contributed by atoms with Gasteiger partial charge in [-0.2, -0.15) is 0 Å². The molecule has 1 aromatic heterocycles. The van der Waals surface area contributed by atoms with Gasteiger partial charge in [0.1, 0.15) is 6.54 Å². The molecule has 4 rings (SSSR count). The molecule has 0 unspecified atom stereocenters. The van der Waals surface area contributed by atoms with Crippen molar-refractivity contribution in [3.8, 4) is 0 Å². The highest BCUT2D eigenvalue weighted by Gasteiger charge is 2.34. The number of likely N-dealkylation sites (tertiary alicyclic amines) is 1. The summed E-state index contributed by atoms with van der Waals surface area (Å²) in [5.74, 6) is -0.140. The molecule has 1 aromatic carbocycles. The quantitative estimate of drug-likeness (QED) is 0.575. The van der Waals surface area contributed by atoms with E-state index in [0.29, 0.717) is 11.4 Å². The lowest BCUT2D eigenvalue weighted by atomic mass is 10.1. The molecule has 2 aliphatic heterocycles. The topological polar surface area (TPSA) is 62.6 Å². The number of thioether (sulfide) groups is 1. The molecular weight excluding hydrogens is 466 g/mol. The monoisotopic (exact) mass is 489 g/mol. The van der Waals surface area contributed by atoms with Crippen LogP contribution < -0.4 is 0 Å². The summed E-state index contributed by atoms with van der Waals surface area (Å²) in [6.07, 6.45) is 8.16. The molecule has 2 fully saturated rings. The summed E-state index contributed by atoms with van der Waals surface area (Å²) < 4.78 is 2.87. The van der Waals surface area contributed by atoms with Crippen molar-refractivity contribution in [2.24, 2.45) is 0 Å². The normalized spacial score (nSPS) is 19.2. The Bertz CT molecular complexity index is 1040. The fraction of sp³-hybridized carbons (Fsp3) is 0.409. The maximum absolute atomic E-state index is 12.9. The van der Waals surface area contributed by atoms with Crippen molar-refractivity contribution in [3.63, 3.8) is 0 Å². The molecule has 0 atom stereocenters. The van der Waals surface area contributed by atoms with Crippen LogP contribution in [0.5, 0.6) is 0 Å². The van der Waals surface area contributed by atoms with Crippen LogP contribution in [0.1, 0.15) is 38.2 Å². The van der Waals surface area contributed by atoms with Crippen LogP contribution in [-0.2, 0) is 16.1 Å². The van der Waals surface area contributed by atoms with E-state index in [1.165, 1.54) is 17.7 Å². The van der Waals surface area contributed by atoms with Gasteiger partial charge >= 0.3 is 0 Å². The van der Waals surface area contributed by atoms with Gasteiger partial charge in [-0.1, -0.05) is 28.8 Å². The average Bonchev–Trinajstić information content (AvgIpc) is 3.03. The van der Waals surface area contributed by atoms with Crippen LogP contribution in [0.3, 0.4) is 0 Å². The third-order valence-corrected chi connectivity index (χ3v) is 7.02. The molecule has 0 aliphatic carbocycles.